The van der Waals surface area contributed by atoms with E-state index in [4.69, 9.17) is 20.9 Å². The minimum absolute atomic E-state index is 0.0115. The molecular formula is C24H40N4O8S. The van der Waals surface area contributed by atoms with Crippen LogP contribution in [-0.4, -0.2) is 83.8 Å². The molecule has 4 amide bonds. The van der Waals surface area contributed by atoms with Gasteiger partial charge in [0.05, 0.1) is 11.9 Å². The summed E-state index contributed by atoms with van der Waals surface area (Å²) in [6, 6.07) is 0. The summed E-state index contributed by atoms with van der Waals surface area (Å²) in [6.45, 7) is 4.40. The van der Waals surface area contributed by atoms with Gasteiger partial charge >= 0.3 is 5.97 Å². The predicted octanol–water partition coefficient (Wildman–Crippen LogP) is 0.249. The first-order chi connectivity index (χ1) is 17.5. The van der Waals surface area contributed by atoms with Gasteiger partial charge in [-0.2, -0.15) is 0 Å². The molecule has 0 aromatic rings. The fourth-order valence-electron chi connectivity index (χ4n) is 3.50. The molecule has 1 heterocycles. The molecule has 0 aromatic heterocycles. The molecule has 5 N–H and O–H groups in total. The largest absolute Gasteiger partial charge is 0.463 e. The average Bonchev–Trinajstić information content (AvgIpc) is 3.10. The number of primary amides is 1. The van der Waals surface area contributed by atoms with Crippen molar-refractivity contribution in [1.82, 2.24) is 10.2 Å². The van der Waals surface area contributed by atoms with Crippen molar-refractivity contribution in [3.05, 3.63) is 0 Å². The SMILES string of the molecule is CC(=O)OCCOCCCCC(=O)CCN1C(=O)CC(SC(N)C(=O)NCCCCC(C)C(N)=O)C1=O. The van der Waals surface area contributed by atoms with Crippen LogP contribution in [0.15, 0.2) is 0 Å². The van der Waals surface area contributed by atoms with Crippen LogP contribution in [0.1, 0.15) is 65.2 Å². The average molecular weight is 545 g/mol. The number of carbonyl (C=O) groups excluding carboxylic acids is 6. The number of ketones is 1. The van der Waals surface area contributed by atoms with Gasteiger partial charge in [0, 0.05) is 51.8 Å². The van der Waals surface area contributed by atoms with Gasteiger partial charge in [0.25, 0.3) is 0 Å². The Morgan fingerprint density at radius 1 is 1.08 bits per heavy atom. The van der Waals surface area contributed by atoms with Gasteiger partial charge in [0.2, 0.25) is 23.6 Å². The Kier molecular flexibility index (Phi) is 15.7. The smallest absolute Gasteiger partial charge is 0.302 e. The summed E-state index contributed by atoms with van der Waals surface area (Å²) >= 11 is 0.930. The summed E-state index contributed by atoms with van der Waals surface area (Å²) in [4.78, 5) is 72.0. The molecule has 12 nitrogen and oxygen atoms in total. The molecule has 1 rings (SSSR count). The summed E-state index contributed by atoms with van der Waals surface area (Å²) < 4.78 is 10.0. The van der Waals surface area contributed by atoms with E-state index in [-0.39, 0.29) is 55.5 Å². The van der Waals surface area contributed by atoms with Crippen molar-refractivity contribution in [2.45, 2.75) is 75.8 Å². The Bertz CT molecular complexity index is 810. The molecule has 1 aliphatic rings. The summed E-state index contributed by atoms with van der Waals surface area (Å²) in [5, 5.41) is 0.925. The maximum absolute atomic E-state index is 12.6. The lowest BCUT2D eigenvalue weighted by Crippen LogP contribution is -2.41. The van der Waals surface area contributed by atoms with E-state index in [0.717, 1.165) is 23.1 Å². The van der Waals surface area contributed by atoms with Crippen LogP contribution < -0.4 is 16.8 Å². The van der Waals surface area contributed by atoms with Crippen molar-refractivity contribution < 1.29 is 38.2 Å². The summed E-state index contributed by atoms with van der Waals surface area (Å²) in [5.74, 6) is -2.25. The van der Waals surface area contributed by atoms with Gasteiger partial charge < -0.3 is 26.3 Å². The third-order valence-electron chi connectivity index (χ3n) is 5.76. The van der Waals surface area contributed by atoms with E-state index in [1.54, 1.807) is 6.92 Å². The molecule has 3 unspecified atom stereocenters. The Balaban J connectivity index is 2.24. The van der Waals surface area contributed by atoms with Crippen LogP contribution in [0.4, 0.5) is 0 Å². The molecule has 3 atom stereocenters. The molecule has 37 heavy (non-hydrogen) atoms. The number of Topliss-reactive ketones (excluding diaryl/α,β-unsaturated/α-hetero) is 1. The molecular weight excluding hydrogens is 504 g/mol. The minimum Gasteiger partial charge on any atom is -0.463 e. The van der Waals surface area contributed by atoms with Crippen LogP contribution >= 0.6 is 11.8 Å². The zero-order valence-electron chi connectivity index (χ0n) is 21.7. The van der Waals surface area contributed by atoms with Crippen LogP contribution in [0.2, 0.25) is 0 Å². The van der Waals surface area contributed by atoms with Crippen LogP contribution in [0.3, 0.4) is 0 Å². The number of imide groups is 1. The lowest BCUT2D eigenvalue weighted by Gasteiger charge is -2.17. The standard InChI is InChI=1S/C24H40N4O8S/c1-16(21(25)32)7-3-5-10-27-23(33)22(26)37-19-15-20(31)28(24(19)34)11-9-18(30)8-4-6-12-35-13-14-36-17(2)29/h16,19,22H,3-15,26H2,1-2H3,(H2,25,32)(H,27,33). The zero-order valence-corrected chi connectivity index (χ0v) is 22.5. The van der Waals surface area contributed by atoms with Gasteiger partial charge in [-0.05, 0) is 25.7 Å². The molecule has 210 valence electrons. The minimum atomic E-state index is -1.01. The first-order valence-corrected chi connectivity index (χ1v) is 13.5. The molecule has 0 radical (unpaired) electrons. The number of nitrogens with two attached hydrogens (primary N) is 2. The predicted molar refractivity (Wildman–Crippen MR) is 137 cm³/mol. The molecule has 0 saturated carbocycles. The number of unbranched alkanes of at least 4 members (excludes halogenated alkanes) is 2. The molecule has 13 heteroatoms. The highest BCUT2D eigenvalue weighted by atomic mass is 32.2. The number of nitrogens with zero attached hydrogens (tertiary/aromatic N) is 1. The molecule has 0 spiro atoms. The monoisotopic (exact) mass is 544 g/mol. The number of carbonyl (C=O) groups is 6. The molecule has 1 aliphatic heterocycles. The molecule has 0 aromatic carbocycles. The number of hydrogen-bond acceptors (Lipinski definition) is 10. The zero-order chi connectivity index (χ0) is 27.8. The summed E-state index contributed by atoms with van der Waals surface area (Å²) in [7, 11) is 0. The highest BCUT2D eigenvalue weighted by Crippen LogP contribution is 2.27. The lowest BCUT2D eigenvalue weighted by molar-refractivity contribution is -0.143. The fraction of sp³-hybridized carbons (Fsp3) is 0.750. The summed E-state index contributed by atoms with van der Waals surface area (Å²) in [6.07, 6.45) is 3.62. The van der Waals surface area contributed by atoms with Crippen LogP contribution in [0, 0.1) is 5.92 Å². The number of esters is 1. The normalized spacial score (nSPS) is 16.9. The second-order valence-corrected chi connectivity index (χ2v) is 10.3. The van der Waals surface area contributed by atoms with Crippen LogP contribution in [-0.2, 0) is 38.2 Å². The first-order valence-electron chi connectivity index (χ1n) is 12.6. The van der Waals surface area contributed by atoms with Crippen molar-refractivity contribution in [3.8, 4) is 0 Å². The number of nitrogens with one attached hydrogen (secondary N) is 1. The number of hydrogen-bond donors (Lipinski definition) is 3. The third kappa shape index (κ3) is 13.6. The van der Waals surface area contributed by atoms with Crippen molar-refractivity contribution in [1.29, 1.82) is 0 Å². The quantitative estimate of drug-likeness (QED) is 0.0829. The lowest BCUT2D eigenvalue weighted by atomic mass is 10.0. The number of thioether (sulfide) groups is 1. The van der Waals surface area contributed by atoms with Gasteiger partial charge in [0.15, 0.2) is 0 Å². The highest BCUT2D eigenvalue weighted by Gasteiger charge is 2.40. The van der Waals surface area contributed by atoms with Crippen molar-refractivity contribution in [2.75, 3.05) is 32.9 Å². The maximum atomic E-state index is 12.6. The van der Waals surface area contributed by atoms with Crippen molar-refractivity contribution in [3.63, 3.8) is 0 Å². The van der Waals surface area contributed by atoms with Crippen LogP contribution in [0.5, 0.6) is 0 Å². The van der Waals surface area contributed by atoms with E-state index in [1.807, 2.05) is 0 Å². The van der Waals surface area contributed by atoms with E-state index in [0.29, 0.717) is 51.9 Å². The second kappa shape index (κ2) is 17.9. The summed E-state index contributed by atoms with van der Waals surface area (Å²) in [5.41, 5.74) is 11.1. The topological polar surface area (TPSA) is 188 Å². The number of likely N-dealkylation sites (tertiary alicyclic amines) is 1. The van der Waals surface area contributed by atoms with E-state index in [1.165, 1.54) is 6.92 Å². The maximum Gasteiger partial charge on any atom is 0.302 e. The van der Waals surface area contributed by atoms with Crippen molar-refractivity contribution >= 4 is 47.1 Å². The van der Waals surface area contributed by atoms with Gasteiger partial charge in [-0.25, -0.2) is 0 Å². The van der Waals surface area contributed by atoms with Gasteiger partial charge in [-0.1, -0.05) is 13.3 Å². The Morgan fingerprint density at radius 3 is 2.49 bits per heavy atom. The Morgan fingerprint density at radius 2 is 1.81 bits per heavy atom. The Hall–Kier alpha value is -2.51. The van der Waals surface area contributed by atoms with E-state index in [2.05, 4.69) is 5.32 Å². The van der Waals surface area contributed by atoms with Crippen LogP contribution in [0.25, 0.3) is 0 Å². The number of rotatable bonds is 20. The van der Waals surface area contributed by atoms with Gasteiger partial charge in [-0.3, -0.25) is 33.7 Å². The van der Waals surface area contributed by atoms with Gasteiger partial charge in [0.1, 0.15) is 17.8 Å². The Labute approximate surface area is 221 Å². The fourth-order valence-corrected chi connectivity index (χ4v) is 4.54. The van der Waals surface area contributed by atoms with E-state index in [9.17, 15) is 28.8 Å². The van der Waals surface area contributed by atoms with Crippen molar-refractivity contribution in [2.24, 2.45) is 17.4 Å². The van der Waals surface area contributed by atoms with E-state index < -0.39 is 22.4 Å². The third-order valence-corrected chi connectivity index (χ3v) is 6.97. The first kappa shape index (κ1) is 32.5. The number of amides is 4. The molecule has 1 fully saturated rings. The molecule has 0 bridgehead atoms. The number of ether oxygens (including phenoxy) is 2. The highest BCUT2D eigenvalue weighted by molar-refractivity contribution is 8.01. The van der Waals surface area contributed by atoms with E-state index >= 15 is 0 Å². The molecule has 1 saturated heterocycles. The van der Waals surface area contributed by atoms with Gasteiger partial charge in [-0.15, -0.1) is 11.8 Å². The second-order valence-electron chi connectivity index (χ2n) is 8.92. The molecule has 0 aliphatic carbocycles.